The third-order valence-corrected chi connectivity index (χ3v) is 5.35. The molecule has 0 spiro atoms. The highest BCUT2D eigenvalue weighted by molar-refractivity contribution is 6.30. The van der Waals surface area contributed by atoms with E-state index in [2.05, 4.69) is 10.6 Å². The molecule has 10 heteroatoms. The van der Waals surface area contributed by atoms with Gasteiger partial charge in [0.15, 0.2) is 0 Å². The Bertz CT molecular complexity index is 967. The number of halogens is 1. The summed E-state index contributed by atoms with van der Waals surface area (Å²) >= 11 is 5.86. The molecule has 170 valence electrons. The van der Waals surface area contributed by atoms with E-state index in [4.69, 9.17) is 16.3 Å². The summed E-state index contributed by atoms with van der Waals surface area (Å²) in [6, 6.07) is 12.0. The number of aliphatic hydroxyl groups is 1. The van der Waals surface area contributed by atoms with Crippen LogP contribution in [0.1, 0.15) is 6.42 Å². The van der Waals surface area contributed by atoms with Crippen LogP contribution in [0.2, 0.25) is 5.02 Å². The maximum Gasteiger partial charge on any atom is 0.322 e. The van der Waals surface area contributed by atoms with E-state index < -0.39 is 24.1 Å². The number of carbonyl (C=O) groups is 3. The fourth-order valence-corrected chi connectivity index (χ4v) is 3.50. The molecule has 32 heavy (non-hydrogen) atoms. The lowest BCUT2D eigenvalue weighted by Gasteiger charge is -2.24. The molecule has 1 heterocycles. The second-order valence-corrected chi connectivity index (χ2v) is 7.85. The van der Waals surface area contributed by atoms with Crippen LogP contribution in [0.4, 0.5) is 21.9 Å². The van der Waals surface area contributed by atoms with Crippen LogP contribution in [-0.2, 0) is 14.3 Å². The third kappa shape index (κ3) is 5.76. The van der Waals surface area contributed by atoms with Gasteiger partial charge in [0.25, 0.3) is 5.91 Å². The first kappa shape index (κ1) is 23.5. The van der Waals surface area contributed by atoms with Gasteiger partial charge in [-0.25, -0.2) is 4.79 Å². The molecule has 1 aliphatic heterocycles. The second-order valence-electron chi connectivity index (χ2n) is 7.42. The van der Waals surface area contributed by atoms with E-state index in [1.807, 2.05) is 0 Å². The van der Waals surface area contributed by atoms with E-state index in [0.717, 1.165) is 0 Å². The summed E-state index contributed by atoms with van der Waals surface area (Å²) in [5.74, 6) is -0.615. The van der Waals surface area contributed by atoms with Gasteiger partial charge in [-0.1, -0.05) is 11.6 Å². The van der Waals surface area contributed by atoms with Gasteiger partial charge in [-0.3, -0.25) is 9.59 Å². The molecule has 3 N–H and O–H groups in total. The third-order valence-electron chi connectivity index (χ3n) is 5.10. The van der Waals surface area contributed by atoms with E-state index in [9.17, 15) is 19.5 Å². The number of methoxy groups -OCH3 is 1. The SMILES string of the molecule is COCC(=O)N(C)c1ccc(NC(=O)[C@H]2C[C@@H](O)CN2C(=O)Nc2ccc(Cl)cc2)cc1. The zero-order valence-corrected chi connectivity index (χ0v) is 18.5. The molecule has 9 nitrogen and oxygen atoms in total. The topological polar surface area (TPSA) is 111 Å². The molecule has 0 radical (unpaired) electrons. The number of amides is 4. The summed E-state index contributed by atoms with van der Waals surface area (Å²) in [5.41, 5.74) is 1.68. The van der Waals surface area contributed by atoms with E-state index in [1.165, 1.54) is 16.9 Å². The van der Waals surface area contributed by atoms with Crippen molar-refractivity contribution < 1.29 is 24.2 Å². The van der Waals surface area contributed by atoms with Crippen LogP contribution in [0.5, 0.6) is 0 Å². The minimum atomic E-state index is -0.831. The Balaban J connectivity index is 1.64. The number of rotatable bonds is 6. The average molecular weight is 461 g/mol. The Kier molecular flexibility index (Phi) is 7.68. The van der Waals surface area contributed by atoms with Gasteiger partial charge in [0.1, 0.15) is 12.6 Å². The highest BCUT2D eigenvalue weighted by Gasteiger charge is 2.39. The number of ether oxygens (including phenoxy) is 1. The lowest BCUT2D eigenvalue weighted by molar-refractivity contribution is -0.122. The van der Waals surface area contributed by atoms with Gasteiger partial charge in [0.05, 0.1) is 6.10 Å². The van der Waals surface area contributed by atoms with Crippen molar-refractivity contribution in [1.29, 1.82) is 0 Å². The van der Waals surface area contributed by atoms with Crippen LogP contribution >= 0.6 is 11.6 Å². The van der Waals surface area contributed by atoms with Crippen molar-refractivity contribution in [1.82, 2.24) is 4.90 Å². The first-order valence-electron chi connectivity index (χ1n) is 9.96. The molecule has 3 rings (SSSR count). The van der Waals surface area contributed by atoms with Gasteiger partial charge in [-0.15, -0.1) is 0 Å². The van der Waals surface area contributed by atoms with Crippen molar-refractivity contribution in [3.05, 3.63) is 53.6 Å². The number of likely N-dealkylation sites (N-methyl/N-ethyl adjacent to an activating group) is 1. The lowest BCUT2D eigenvalue weighted by atomic mass is 10.1. The monoisotopic (exact) mass is 460 g/mol. The smallest absolute Gasteiger partial charge is 0.322 e. The Labute approximate surface area is 190 Å². The molecule has 0 saturated carbocycles. The maximum absolute atomic E-state index is 12.8. The molecule has 0 unspecified atom stereocenters. The summed E-state index contributed by atoms with van der Waals surface area (Å²) in [7, 11) is 3.08. The number of aliphatic hydroxyl groups excluding tert-OH is 1. The summed E-state index contributed by atoms with van der Waals surface area (Å²) < 4.78 is 4.85. The largest absolute Gasteiger partial charge is 0.391 e. The number of urea groups is 1. The quantitative estimate of drug-likeness (QED) is 0.613. The average Bonchev–Trinajstić information content (AvgIpc) is 3.17. The van der Waals surface area contributed by atoms with Gasteiger partial charge >= 0.3 is 6.03 Å². The molecule has 1 fully saturated rings. The minimum Gasteiger partial charge on any atom is -0.391 e. The van der Waals surface area contributed by atoms with Crippen LogP contribution in [0.25, 0.3) is 0 Å². The Hall–Kier alpha value is -3.14. The number of anilines is 3. The Morgan fingerprint density at radius 1 is 1.09 bits per heavy atom. The number of benzene rings is 2. The summed E-state index contributed by atoms with van der Waals surface area (Å²) in [6.45, 7) is 0.00969. The standard InChI is InChI=1S/C22H25ClN4O5/c1-26(20(29)13-32-2)17-9-7-15(8-10-17)24-21(30)19-11-18(28)12-27(19)22(31)25-16-5-3-14(23)4-6-16/h3-10,18-19,28H,11-13H2,1-2H3,(H,24,30)(H,25,31)/t18-,19-/m1/s1. The first-order chi connectivity index (χ1) is 15.3. The van der Waals surface area contributed by atoms with Crippen molar-refractivity contribution in [3.63, 3.8) is 0 Å². The second kappa shape index (κ2) is 10.4. The van der Waals surface area contributed by atoms with Crippen LogP contribution in [0.3, 0.4) is 0 Å². The molecule has 0 aliphatic carbocycles. The zero-order valence-electron chi connectivity index (χ0n) is 17.7. The zero-order chi connectivity index (χ0) is 23.3. The predicted octanol–water partition coefficient (Wildman–Crippen LogP) is 2.56. The number of hydrogen-bond donors (Lipinski definition) is 3. The normalized spacial score (nSPS) is 17.7. The van der Waals surface area contributed by atoms with E-state index >= 15 is 0 Å². The molecule has 0 bridgehead atoms. The van der Waals surface area contributed by atoms with Crippen molar-refractivity contribution in [2.24, 2.45) is 0 Å². The van der Waals surface area contributed by atoms with Crippen LogP contribution in [0.15, 0.2) is 48.5 Å². The fourth-order valence-electron chi connectivity index (χ4n) is 3.37. The van der Waals surface area contributed by atoms with Crippen molar-refractivity contribution in [3.8, 4) is 0 Å². The van der Waals surface area contributed by atoms with E-state index in [-0.39, 0.29) is 25.5 Å². The van der Waals surface area contributed by atoms with Gasteiger partial charge in [0.2, 0.25) is 5.91 Å². The van der Waals surface area contributed by atoms with Gasteiger partial charge < -0.3 is 30.3 Å². The first-order valence-corrected chi connectivity index (χ1v) is 10.3. The lowest BCUT2D eigenvalue weighted by Crippen LogP contribution is -2.45. The predicted molar refractivity (Wildman–Crippen MR) is 122 cm³/mol. The number of likely N-dealkylation sites (tertiary alicyclic amines) is 1. The van der Waals surface area contributed by atoms with Gasteiger partial charge in [-0.05, 0) is 48.5 Å². The maximum atomic E-state index is 12.8. The molecule has 2 aromatic carbocycles. The van der Waals surface area contributed by atoms with E-state index in [1.54, 1.807) is 55.6 Å². The number of hydrogen-bond acceptors (Lipinski definition) is 5. The minimum absolute atomic E-state index is 0.0348. The summed E-state index contributed by atoms with van der Waals surface area (Å²) in [4.78, 5) is 40.2. The van der Waals surface area contributed by atoms with Crippen molar-refractivity contribution in [2.75, 3.05) is 42.8 Å². The Morgan fingerprint density at radius 2 is 1.69 bits per heavy atom. The van der Waals surface area contributed by atoms with Crippen LogP contribution in [-0.4, -0.2) is 67.3 Å². The molecule has 0 aromatic heterocycles. The number of β-amino-alcohol motifs (C(OH)–C–C–N with tert-alkyl or cyclic N) is 1. The number of nitrogens with zero attached hydrogens (tertiary/aromatic N) is 2. The van der Waals surface area contributed by atoms with Crippen LogP contribution < -0.4 is 15.5 Å². The molecule has 1 aliphatic rings. The highest BCUT2D eigenvalue weighted by Crippen LogP contribution is 2.23. The van der Waals surface area contributed by atoms with Crippen molar-refractivity contribution in [2.45, 2.75) is 18.6 Å². The van der Waals surface area contributed by atoms with Gasteiger partial charge in [0, 0.05) is 49.2 Å². The molecule has 2 aromatic rings. The molecular formula is C22H25ClN4O5. The molecule has 2 atom stereocenters. The summed E-state index contributed by atoms with van der Waals surface area (Å²) in [6.07, 6.45) is -0.670. The fraction of sp³-hybridized carbons (Fsp3) is 0.318. The molecule has 1 saturated heterocycles. The number of carbonyl (C=O) groups excluding carboxylic acids is 3. The number of nitrogens with one attached hydrogen (secondary N) is 2. The molecular weight excluding hydrogens is 436 g/mol. The Morgan fingerprint density at radius 3 is 2.31 bits per heavy atom. The summed E-state index contributed by atoms with van der Waals surface area (Å²) in [5, 5.41) is 16.1. The van der Waals surface area contributed by atoms with Crippen molar-refractivity contribution >= 4 is 46.5 Å². The van der Waals surface area contributed by atoms with Crippen LogP contribution in [0, 0.1) is 0 Å². The van der Waals surface area contributed by atoms with E-state index in [0.29, 0.717) is 22.1 Å². The molecule has 4 amide bonds. The highest BCUT2D eigenvalue weighted by atomic mass is 35.5. The van der Waals surface area contributed by atoms with Gasteiger partial charge in [-0.2, -0.15) is 0 Å².